The molecule has 0 bridgehead atoms. The van der Waals surface area contributed by atoms with Gasteiger partial charge in [0.1, 0.15) is 11.3 Å². The number of carbonyl (C=O) groups excluding carboxylic acids is 1. The molecule has 0 spiro atoms. The molecular formula is C19H27N3O3. The van der Waals surface area contributed by atoms with Crippen LogP contribution >= 0.6 is 0 Å². The van der Waals surface area contributed by atoms with Gasteiger partial charge in [-0.2, -0.15) is 0 Å². The first-order valence-electron chi connectivity index (χ1n) is 8.76. The maximum absolute atomic E-state index is 12.4. The summed E-state index contributed by atoms with van der Waals surface area (Å²) >= 11 is 0. The molecule has 1 N–H and O–H groups in total. The number of carbonyl (C=O) groups is 1. The molecule has 0 aliphatic heterocycles. The molecule has 1 unspecified atom stereocenters. The molecule has 2 aromatic heterocycles. The Kier molecular flexibility index (Phi) is 6.17. The summed E-state index contributed by atoms with van der Waals surface area (Å²) in [4.78, 5) is 28.9. The minimum absolute atomic E-state index is 0.0889. The Bertz CT molecular complexity index is 805. The van der Waals surface area contributed by atoms with E-state index in [1.165, 1.54) is 0 Å². The van der Waals surface area contributed by atoms with Crippen LogP contribution < -0.4 is 10.9 Å². The van der Waals surface area contributed by atoms with Crippen LogP contribution in [0.3, 0.4) is 0 Å². The molecule has 0 saturated heterocycles. The van der Waals surface area contributed by atoms with E-state index in [2.05, 4.69) is 17.2 Å². The molecule has 0 fully saturated rings. The molecule has 1 atom stereocenters. The average molecular weight is 345 g/mol. The SMILES string of the molecule is CCCC(C)c1cc(C)c(C(=O)NCCn2cnc(C)c2C)c(=O)o1. The Labute approximate surface area is 148 Å². The first-order chi connectivity index (χ1) is 11.8. The number of aryl methyl sites for hydroxylation is 2. The van der Waals surface area contributed by atoms with Crippen LogP contribution in [0.4, 0.5) is 0 Å². The van der Waals surface area contributed by atoms with Crippen molar-refractivity contribution in [3.05, 3.63) is 51.1 Å². The van der Waals surface area contributed by atoms with Crippen molar-refractivity contribution < 1.29 is 9.21 Å². The van der Waals surface area contributed by atoms with Gasteiger partial charge in [0.2, 0.25) is 0 Å². The fourth-order valence-electron chi connectivity index (χ4n) is 2.87. The quantitative estimate of drug-likeness (QED) is 0.836. The molecule has 0 aliphatic rings. The zero-order valence-corrected chi connectivity index (χ0v) is 15.7. The van der Waals surface area contributed by atoms with Crippen LogP contribution in [-0.4, -0.2) is 22.0 Å². The van der Waals surface area contributed by atoms with Crippen LogP contribution in [0.25, 0.3) is 0 Å². The highest BCUT2D eigenvalue weighted by molar-refractivity contribution is 5.95. The molecule has 0 aliphatic carbocycles. The molecule has 6 heteroatoms. The van der Waals surface area contributed by atoms with Crippen LogP contribution in [0.15, 0.2) is 21.6 Å². The average Bonchev–Trinajstić information content (AvgIpc) is 2.86. The summed E-state index contributed by atoms with van der Waals surface area (Å²) < 4.78 is 7.35. The third-order valence-corrected chi connectivity index (χ3v) is 4.59. The van der Waals surface area contributed by atoms with E-state index in [0.29, 0.717) is 24.4 Å². The van der Waals surface area contributed by atoms with Crippen molar-refractivity contribution in [1.29, 1.82) is 0 Å². The first-order valence-corrected chi connectivity index (χ1v) is 8.76. The lowest BCUT2D eigenvalue weighted by Gasteiger charge is -2.12. The molecule has 0 aromatic carbocycles. The molecule has 0 radical (unpaired) electrons. The largest absolute Gasteiger partial charge is 0.427 e. The minimum Gasteiger partial charge on any atom is -0.427 e. The van der Waals surface area contributed by atoms with Gasteiger partial charge in [-0.25, -0.2) is 9.78 Å². The van der Waals surface area contributed by atoms with Gasteiger partial charge in [0, 0.05) is 24.7 Å². The van der Waals surface area contributed by atoms with Gasteiger partial charge in [0.25, 0.3) is 5.91 Å². The van der Waals surface area contributed by atoms with E-state index >= 15 is 0 Å². The third kappa shape index (κ3) is 4.38. The molecule has 6 nitrogen and oxygen atoms in total. The number of nitrogens with zero attached hydrogens (tertiary/aromatic N) is 2. The Morgan fingerprint density at radius 3 is 2.64 bits per heavy atom. The summed E-state index contributed by atoms with van der Waals surface area (Å²) in [5, 5.41) is 2.79. The van der Waals surface area contributed by atoms with Crippen molar-refractivity contribution in [3.8, 4) is 0 Å². The van der Waals surface area contributed by atoms with E-state index in [4.69, 9.17) is 4.42 Å². The topological polar surface area (TPSA) is 77.1 Å². The number of aromatic nitrogens is 2. The van der Waals surface area contributed by atoms with Crippen molar-refractivity contribution in [1.82, 2.24) is 14.9 Å². The normalized spacial score (nSPS) is 12.2. The van der Waals surface area contributed by atoms with Gasteiger partial charge in [-0.1, -0.05) is 20.3 Å². The number of hydrogen-bond donors (Lipinski definition) is 1. The zero-order chi connectivity index (χ0) is 18.6. The van der Waals surface area contributed by atoms with Gasteiger partial charge in [-0.05, 0) is 38.8 Å². The van der Waals surface area contributed by atoms with E-state index < -0.39 is 11.5 Å². The van der Waals surface area contributed by atoms with Crippen LogP contribution in [0, 0.1) is 20.8 Å². The molecular weight excluding hydrogens is 318 g/mol. The van der Waals surface area contributed by atoms with Gasteiger partial charge in [0.15, 0.2) is 0 Å². The lowest BCUT2D eigenvalue weighted by atomic mass is 10.0. The fraction of sp³-hybridized carbons (Fsp3) is 0.526. The predicted octanol–water partition coefficient (Wildman–Crippen LogP) is 3.10. The third-order valence-electron chi connectivity index (χ3n) is 4.59. The van der Waals surface area contributed by atoms with E-state index in [0.717, 1.165) is 24.2 Å². The summed E-state index contributed by atoms with van der Waals surface area (Å²) in [5.41, 5.74) is 2.22. The van der Waals surface area contributed by atoms with Gasteiger partial charge in [-0.15, -0.1) is 0 Å². The highest BCUT2D eigenvalue weighted by Gasteiger charge is 2.18. The van der Waals surface area contributed by atoms with Crippen molar-refractivity contribution in [2.75, 3.05) is 6.54 Å². The number of imidazole rings is 1. The maximum Gasteiger partial charge on any atom is 0.349 e. The second kappa shape index (κ2) is 8.14. The second-order valence-electron chi connectivity index (χ2n) is 6.55. The number of hydrogen-bond acceptors (Lipinski definition) is 4. The number of nitrogens with one attached hydrogen (secondary N) is 1. The monoisotopic (exact) mass is 345 g/mol. The number of amides is 1. The Hall–Kier alpha value is -2.37. The Balaban J connectivity index is 2.06. The molecule has 0 saturated carbocycles. The smallest absolute Gasteiger partial charge is 0.349 e. The van der Waals surface area contributed by atoms with Crippen molar-refractivity contribution in [2.45, 2.75) is 59.9 Å². The van der Waals surface area contributed by atoms with E-state index in [-0.39, 0.29) is 11.5 Å². The van der Waals surface area contributed by atoms with Crippen molar-refractivity contribution >= 4 is 5.91 Å². The second-order valence-corrected chi connectivity index (χ2v) is 6.55. The van der Waals surface area contributed by atoms with Crippen LogP contribution in [-0.2, 0) is 6.54 Å². The maximum atomic E-state index is 12.4. The summed E-state index contributed by atoms with van der Waals surface area (Å²) in [7, 11) is 0. The predicted molar refractivity (Wildman–Crippen MR) is 97.1 cm³/mol. The highest BCUT2D eigenvalue weighted by Crippen LogP contribution is 2.21. The molecule has 2 heterocycles. The standard InChI is InChI=1S/C19H27N3O3/c1-6-7-12(2)16-10-13(3)17(19(24)25-16)18(23)20-8-9-22-11-21-14(4)15(22)5/h10-12H,6-9H2,1-5H3,(H,20,23). The summed E-state index contributed by atoms with van der Waals surface area (Å²) in [5.74, 6) is 0.418. The molecule has 2 aromatic rings. The summed E-state index contributed by atoms with van der Waals surface area (Å²) in [6, 6.07) is 1.81. The first kappa shape index (κ1) is 19.0. The van der Waals surface area contributed by atoms with E-state index in [9.17, 15) is 9.59 Å². The van der Waals surface area contributed by atoms with E-state index in [1.54, 1.807) is 19.3 Å². The Morgan fingerprint density at radius 2 is 2.08 bits per heavy atom. The van der Waals surface area contributed by atoms with Crippen LogP contribution in [0.1, 0.15) is 65.7 Å². The molecule has 136 valence electrons. The van der Waals surface area contributed by atoms with Crippen LogP contribution in [0.5, 0.6) is 0 Å². The van der Waals surface area contributed by atoms with Gasteiger partial charge in [0.05, 0.1) is 12.0 Å². The van der Waals surface area contributed by atoms with Gasteiger partial charge >= 0.3 is 5.63 Å². The lowest BCUT2D eigenvalue weighted by Crippen LogP contribution is -2.32. The van der Waals surface area contributed by atoms with E-state index in [1.807, 2.05) is 25.3 Å². The Morgan fingerprint density at radius 1 is 1.36 bits per heavy atom. The van der Waals surface area contributed by atoms with Gasteiger partial charge in [-0.3, -0.25) is 4.79 Å². The number of rotatable bonds is 7. The highest BCUT2D eigenvalue weighted by atomic mass is 16.4. The fourth-order valence-corrected chi connectivity index (χ4v) is 2.87. The lowest BCUT2D eigenvalue weighted by molar-refractivity contribution is 0.0947. The van der Waals surface area contributed by atoms with Crippen molar-refractivity contribution in [3.63, 3.8) is 0 Å². The summed E-state index contributed by atoms with van der Waals surface area (Å²) in [6.07, 6.45) is 3.71. The summed E-state index contributed by atoms with van der Waals surface area (Å²) in [6.45, 7) is 10.8. The van der Waals surface area contributed by atoms with Crippen LogP contribution in [0.2, 0.25) is 0 Å². The molecule has 1 amide bonds. The molecule has 25 heavy (non-hydrogen) atoms. The zero-order valence-electron chi connectivity index (χ0n) is 15.7. The minimum atomic E-state index is -0.565. The van der Waals surface area contributed by atoms with Crippen molar-refractivity contribution in [2.24, 2.45) is 0 Å². The molecule has 2 rings (SSSR count). The van der Waals surface area contributed by atoms with Gasteiger partial charge < -0.3 is 14.3 Å².